The van der Waals surface area contributed by atoms with Crippen LogP contribution in [0, 0.1) is 0 Å². The van der Waals surface area contributed by atoms with Crippen LogP contribution in [0.15, 0.2) is 48.5 Å². The van der Waals surface area contributed by atoms with Crippen molar-refractivity contribution in [3.63, 3.8) is 0 Å². The van der Waals surface area contributed by atoms with Crippen molar-refractivity contribution in [1.29, 1.82) is 0 Å². The van der Waals surface area contributed by atoms with Crippen LogP contribution in [0.4, 0.5) is 5.69 Å². The normalized spacial score (nSPS) is 9.90. The second-order valence-electron chi connectivity index (χ2n) is 4.19. The van der Waals surface area contributed by atoms with Gasteiger partial charge in [0.2, 0.25) is 0 Å². The number of carboxylic acid groups (broad SMARTS) is 2. The van der Waals surface area contributed by atoms with Gasteiger partial charge in [-0.25, -0.2) is 9.59 Å². The molecular weight excluding hydrogens is 274 g/mol. The van der Waals surface area contributed by atoms with E-state index in [2.05, 4.69) is 5.32 Å². The van der Waals surface area contributed by atoms with Gasteiger partial charge in [-0.3, -0.25) is 4.79 Å². The molecule has 0 bridgehead atoms. The van der Waals surface area contributed by atoms with E-state index in [1.807, 2.05) is 0 Å². The van der Waals surface area contributed by atoms with Crippen molar-refractivity contribution in [2.24, 2.45) is 0 Å². The lowest BCUT2D eigenvalue weighted by Gasteiger charge is -2.07. The third-order valence-corrected chi connectivity index (χ3v) is 2.77. The van der Waals surface area contributed by atoms with Gasteiger partial charge in [-0.05, 0) is 30.3 Å². The molecule has 0 saturated heterocycles. The van der Waals surface area contributed by atoms with Crippen molar-refractivity contribution >= 4 is 23.5 Å². The Balaban J connectivity index is 2.32. The summed E-state index contributed by atoms with van der Waals surface area (Å²) < 4.78 is 0. The molecule has 0 fully saturated rings. The fraction of sp³-hybridized carbons (Fsp3) is 0. The number of carbonyl (C=O) groups is 3. The molecule has 0 heterocycles. The van der Waals surface area contributed by atoms with Crippen LogP contribution in [0.2, 0.25) is 0 Å². The summed E-state index contributed by atoms with van der Waals surface area (Å²) in [5.74, 6) is -3.27. The smallest absolute Gasteiger partial charge is 0.336 e. The van der Waals surface area contributed by atoms with E-state index in [4.69, 9.17) is 10.2 Å². The third kappa shape index (κ3) is 3.24. The molecule has 0 spiro atoms. The molecule has 6 nitrogen and oxygen atoms in total. The zero-order valence-electron chi connectivity index (χ0n) is 10.7. The fourth-order valence-electron chi connectivity index (χ4n) is 1.77. The highest BCUT2D eigenvalue weighted by Crippen LogP contribution is 2.15. The number of para-hydroxylation sites is 1. The van der Waals surface area contributed by atoms with Gasteiger partial charge >= 0.3 is 11.9 Å². The number of carbonyl (C=O) groups excluding carboxylic acids is 1. The van der Waals surface area contributed by atoms with E-state index in [0.29, 0.717) is 5.69 Å². The van der Waals surface area contributed by atoms with E-state index >= 15 is 0 Å². The lowest BCUT2D eigenvalue weighted by Crippen LogP contribution is -2.15. The minimum absolute atomic E-state index is 0.0706. The molecule has 0 unspecified atom stereocenters. The number of hydrogen-bond donors (Lipinski definition) is 3. The van der Waals surface area contributed by atoms with Gasteiger partial charge in [0.25, 0.3) is 5.91 Å². The number of aromatic carboxylic acids is 2. The average molecular weight is 285 g/mol. The largest absolute Gasteiger partial charge is 0.478 e. The van der Waals surface area contributed by atoms with Crippen molar-refractivity contribution in [3.8, 4) is 0 Å². The van der Waals surface area contributed by atoms with Crippen molar-refractivity contribution in [1.82, 2.24) is 0 Å². The number of anilines is 1. The zero-order chi connectivity index (χ0) is 15.4. The number of amides is 1. The second-order valence-corrected chi connectivity index (χ2v) is 4.19. The van der Waals surface area contributed by atoms with E-state index in [0.717, 1.165) is 12.1 Å². The number of benzene rings is 2. The molecular formula is C15H11NO5. The lowest BCUT2D eigenvalue weighted by molar-refractivity contribution is 0.0651. The van der Waals surface area contributed by atoms with Crippen molar-refractivity contribution in [3.05, 3.63) is 65.2 Å². The van der Waals surface area contributed by atoms with Gasteiger partial charge in [-0.1, -0.05) is 18.2 Å². The number of hydrogen-bond acceptors (Lipinski definition) is 3. The first-order valence-corrected chi connectivity index (χ1v) is 5.96. The Kier molecular flexibility index (Phi) is 3.99. The molecule has 1 amide bonds. The summed E-state index contributed by atoms with van der Waals surface area (Å²) in [6, 6.07) is 12.1. The monoisotopic (exact) mass is 285 g/mol. The Labute approximate surface area is 119 Å². The molecule has 0 saturated carbocycles. The zero-order valence-corrected chi connectivity index (χ0v) is 10.7. The van der Waals surface area contributed by atoms with Crippen molar-refractivity contribution < 1.29 is 24.6 Å². The van der Waals surface area contributed by atoms with Crippen LogP contribution in [0.5, 0.6) is 0 Å². The number of rotatable bonds is 4. The first kappa shape index (κ1) is 14.3. The van der Waals surface area contributed by atoms with Crippen molar-refractivity contribution in [2.75, 3.05) is 5.32 Å². The summed E-state index contributed by atoms with van der Waals surface area (Å²) in [6.07, 6.45) is 0. The van der Waals surface area contributed by atoms with Crippen LogP contribution in [0.1, 0.15) is 31.1 Å². The summed E-state index contributed by atoms with van der Waals surface area (Å²) in [7, 11) is 0. The van der Waals surface area contributed by atoms with E-state index in [1.165, 1.54) is 6.07 Å². The molecule has 0 radical (unpaired) electrons. The number of carboxylic acids is 2. The topological polar surface area (TPSA) is 104 Å². The highest BCUT2D eigenvalue weighted by atomic mass is 16.4. The highest BCUT2D eigenvalue weighted by molar-refractivity contribution is 6.08. The SMILES string of the molecule is O=C(Nc1ccccc1)c1ccc(C(=O)O)c(C(=O)O)c1. The predicted octanol–water partition coefficient (Wildman–Crippen LogP) is 2.34. The lowest BCUT2D eigenvalue weighted by atomic mass is 10.0. The summed E-state index contributed by atoms with van der Waals surface area (Å²) in [5, 5.41) is 20.5. The van der Waals surface area contributed by atoms with Gasteiger partial charge in [0, 0.05) is 11.3 Å². The van der Waals surface area contributed by atoms with E-state index in [-0.39, 0.29) is 11.1 Å². The van der Waals surface area contributed by atoms with Crippen LogP contribution in [-0.4, -0.2) is 28.1 Å². The third-order valence-electron chi connectivity index (χ3n) is 2.77. The van der Waals surface area contributed by atoms with Gasteiger partial charge in [0.1, 0.15) is 0 Å². The summed E-state index contributed by atoms with van der Waals surface area (Å²) >= 11 is 0. The van der Waals surface area contributed by atoms with Crippen LogP contribution >= 0.6 is 0 Å². The van der Waals surface area contributed by atoms with Gasteiger partial charge in [-0.15, -0.1) is 0 Å². The first-order valence-electron chi connectivity index (χ1n) is 5.96. The first-order chi connectivity index (χ1) is 9.99. The number of nitrogens with one attached hydrogen (secondary N) is 1. The minimum Gasteiger partial charge on any atom is -0.478 e. The Bertz CT molecular complexity index is 709. The fourth-order valence-corrected chi connectivity index (χ4v) is 1.77. The molecule has 0 aliphatic carbocycles. The van der Waals surface area contributed by atoms with E-state index in [9.17, 15) is 14.4 Å². The van der Waals surface area contributed by atoms with Gasteiger partial charge < -0.3 is 15.5 Å². The molecule has 6 heteroatoms. The van der Waals surface area contributed by atoms with Gasteiger partial charge in [-0.2, -0.15) is 0 Å². The van der Waals surface area contributed by atoms with E-state index in [1.54, 1.807) is 30.3 Å². The molecule has 0 atom stereocenters. The van der Waals surface area contributed by atoms with Crippen LogP contribution in [-0.2, 0) is 0 Å². The Morgan fingerprint density at radius 2 is 1.43 bits per heavy atom. The molecule has 106 valence electrons. The predicted molar refractivity (Wildman–Crippen MR) is 74.8 cm³/mol. The average Bonchev–Trinajstić information content (AvgIpc) is 2.47. The summed E-state index contributed by atoms with van der Waals surface area (Å²) in [4.78, 5) is 34.0. The van der Waals surface area contributed by atoms with E-state index < -0.39 is 23.4 Å². The van der Waals surface area contributed by atoms with Gasteiger partial charge in [0.05, 0.1) is 11.1 Å². The standard InChI is InChI=1S/C15H11NO5/c17-13(16-10-4-2-1-3-5-10)9-6-7-11(14(18)19)12(8-9)15(20)21/h1-8H,(H,16,17)(H,18,19)(H,20,21). The Morgan fingerprint density at radius 1 is 0.810 bits per heavy atom. The summed E-state index contributed by atoms with van der Waals surface area (Å²) in [6.45, 7) is 0. The molecule has 21 heavy (non-hydrogen) atoms. The van der Waals surface area contributed by atoms with Crippen LogP contribution < -0.4 is 5.32 Å². The van der Waals surface area contributed by atoms with Gasteiger partial charge in [0.15, 0.2) is 0 Å². The second kappa shape index (κ2) is 5.87. The molecule has 2 aromatic carbocycles. The Morgan fingerprint density at radius 3 is 2.00 bits per heavy atom. The molecule has 0 aliphatic rings. The molecule has 0 aromatic heterocycles. The Hall–Kier alpha value is -3.15. The summed E-state index contributed by atoms with van der Waals surface area (Å²) in [5.41, 5.74) is -0.162. The van der Waals surface area contributed by atoms with Crippen LogP contribution in [0.25, 0.3) is 0 Å². The maximum absolute atomic E-state index is 12.0. The molecule has 3 N–H and O–H groups in total. The van der Waals surface area contributed by atoms with Crippen LogP contribution in [0.3, 0.4) is 0 Å². The molecule has 0 aliphatic heterocycles. The molecule has 2 rings (SSSR count). The van der Waals surface area contributed by atoms with Crippen molar-refractivity contribution in [2.45, 2.75) is 0 Å². The quantitative estimate of drug-likeness (QED) is 0.799. The minimum atomic E-state index is -1.40. The maximum Gasteiger partial charge on any atom is 0.336 e. The molecule has 2 aromatic rings. The maximum atomic E-state index is 12.0. The highest BCUT2D eigenvalue weighted by Gasteiger charge is 2.18.